The third-order valence-corrected chi connectivity index (χ3v) is 4.02. The van der Waals surface area contributed by atoms with Crippen molar-refractivity contribution < 1.29 is 9.72 Å². The smallest absolute Gasteiger partial charge is 0.324 e. The molecule has 1 aromatic carbocycles. The van der Waals surface area contributed by atoms with E-state index in [1.54, 1.807) is 11.9 Å². The third kappa shape index (κ3) is 3.03. The zero-order valence-corrected chi connectivity index (χ0v) is 12.0. The van der Waals surface area contributed by atoms with Crippen LogP contribution in [0.15, 0.2) is 36.4 Å². The van der Waals surface area contributed by atoms with Crippen LogP contribution in [0.3, 0.4) is 0 Å². The van der Waals surface area contributed by atoms with Crippen molar-refractivity contribution in [2.24, 2.45) is 0 Å². The van der Waals surface area contributed by atoms with Crippen LogP contribution in [0.1, 0.15) is 20.8 Å². The van der Waals surface area contributed by atoms with Gasteiger partial charge >= 0.3 is 5.00 Å². The van der Waals surface area contributed by atoms with E-state index in [-0.39, 0.29) is 10.9 Å². The topological polar surface area (TPSA) is 63.5 Å². The molecule has 104 valence electrons. The monoisotopic (exact) mass is 290 g/mol. The van der Waals surface area contributed by atoms with Crippen LogP contribution < -0.4 is 0 Å². The molecule has 0 saturated heterocycles. The van der Waals surface area contributed by atoms with Gasteiger partial charge in [0, 0.05) is 19.7 Å². The number of carbonyl (C=O) groups excluding carboxylic acids is 1. The molecule has 1 amide bonds. The Morgan fingerprint density at radius 2 is 2.00 bits per heavy atom. The summed E-state index contributed by atoms with van der Waals surface area (Å²) in [7, 11) is 1.69. The Morgan fingerprint density at radius 1 is 1.30 bits per heavy atom. The van der Waals surface area contributed by atoms with E-state index in [0.717, 1.165) is 22.5 Å². The molecule has 0 fully saturated rings. The highest BCUT2D eigenvalue weighted by molar-refractivity contribution is 7.17. The first-order chi connectivity index (χ1) is 9.49. The lowest BCUT2D eigenvalue weighted by atomic mass is 10.1. The summed E-state index contributed by atoms with van der Waals surface area (Å²) >= 11 is 0.902. The number of carbonyl (C=O) groups is 1. The summed E-state index contributed by atoms with van der Waals surface area (Å²) in [5.74, 6) is -0.202. The predicted molar refractivity (Wildman–Crippen MR) is 77.9 cm³/mol. The number of nitrogens with zero attached hydrogens (tertiary/aromatic N) is 2. The van der Waals surface area contributed by atoms with Gasteiger partial charge in [-0.25, -0.2) is 0 Å². The fraction of sp³-hybridized carbons (Fsp3) is 0.214. The Kier molecular flexibility index (Phi) is 4.14. The summed E-state index contributed by atoms with van der Waals surface area (Å²) in [6.07, 6.45) is 0. The van der Waals surface area contributed by atoms with Crippen molar-refractivity contribution in [1.29, 1.82) is 0 Å². The molecule has 0 saturated carbocycles. The molecule has 0 N–H and O–H groups in total. The normalized spacial score (nSPS) is 10.3. The lowest BCUT2D eigenvalue weighted by molar-refractivity contribution is -0.380. The number of hydrogen-bond acceptors (Lipinski definition) is 4. The highest BCUT2D eigenvalue weighted by atomic mass is 32.1. The van der Waals surface area contributed by atoms with Crippen molar-refractivity contribution in [2.45, 2.75) is 13.5 Å². The number of hydrogen-bond donors (Lipinski definition) is 0. The fourth-order valence-electron chi connectivity index (χ4n) is 1.84. The van der Waals surface area contributed by atoms with Gasteiger partial charge in [0.2, 0.25) is 0 Å². The lowest BCUT2D eigenvalue weighted by Crippen LogP contribution is -2.25. The van der Waals surface area contributed by atoms with E-state index in [4.69, 9.17) is 0 Å². The molecule has 1 aromatic heterocycles. The summed E-state index contributed by atoms with van der Waals surface area (Å²) in [5, 5.41) is 10.6. The van der Waals surface area contributed by atoms with Gasteiger partial charge in [0.1, 0.15) is 0 Å². The van der Waals surface area contributed by atoms with E-state index in [9.17, 15) is 14.9 Å². The molecule has 2 aromatic rings. The van der Waals surface area contributed by atoms with Gasteiger partial charge < -0.3 is 4.90 Å². The number of thiophene rings is 1. The highest BCUT2D eigenvalue weighted by Gasteiger charge is 2.18. The minimum absolute atomic E-state index is 0.0161. The van der Waals surface area contributed by atoms with Gasteiger partial charge in [0.25, 0.3) is 5.91 Å². The van der Waals surface area contributed by atoms with Gasteiger partial charge in [-0.2, -0.15) is 0 Å². The van der Waals surface area contributed by atoms with Crippen molar-refractivity contribution in [3.8, 4) is 0 Å². The summed E-state index contributed by atoms with van der Waals surface area (Å²) in [6.45, 7) is 2.47. The first-order valence-electron chi connectivity index (χ1n) is 6.03. The van der Waals surface area contributed by atoms with Crippen LogP contribution in [0.5, 0.6) is 0 Å². The Balaban J connectivity index is 2.12. The Bertz CT molecular complexity index is 651. The summed E-state index contributed by atoms with van der Waals surface area (Å²) in [6, 6.07) is 10.7. The molecule has 2 rings (SSSR count). The molecule has 20 heavy (non-hydrogen) atoms. The SMILES string of the molecule is Cc1ccccc1CN(C)C(=O)c1ccc([N+](=O)[O-])s1. The molecule has 0 atom stereocenters. The third-order valence-electron chi connectivity index (χ3n) is 3.00. The molecule has 0 unspecified atom stereocenters. The molecular weight excluding hydrogens is 276 g/mol. The van der Waals surface area contributed by atoms with Gasteiger partial charge in [-0.15, -0.1) is 0 Å². The Hall–Kier alpha value is -2.21. The minimum atomic E-state index is -0.483. The van der Waals surface area contributed by atoms with Crippen molar-refractivity contribution in [3.63, 3.8) is 0 Å². The number of aryl methyl sites for hydroxylation is 1. The maximum absolute atomic E-state index is 12.2. The number of rotatable bonds is 4. The van der Waals surface area contributed by atoms with Gasteiger partial charge in [-0.05, 0) is 24.1 Å². The second-order valence-corrected chi connectivity index (χ2v) is 5.54. The number of amides is 1. The van der Waals surface area contributed by atoms with Gasteiger partial charge in [0.15, 0.2) is 0 Å². The van der Waals surface area contributed by atoms with Crippen molar-refractivity contribution in [2.75, 3.05) is 7.05 Å². The van der Waals surface area contributed by atoms with E-state index >= 15 is 0 Å². The van der Waals surface area contributed by atoms with Crippen LogP contribution in [0.4, 0.5) is 5.00 Å². The van der Waals surface area contributed by atoms with Gasteiger partial charge in [-0.1, -0.05) is 35.6 Å². The van der Waals surface area contributed by atoms with Gasteiger partial charge in [-0.3, -0.25) is 14.9 Å². The standard InChI is InChI=1S/C14H14N2O3S/c1-10-5-3-4-6-11(10)9-15(2)14(17)12-7-8-13(20-12)16(18)19/h3-8H,9H2,1-2H3. The molecule has 5 nitrogen and oxygen atoms in total. The lowest BCUT2D eigenvalue weighted by Gasteiger charge is -2.17. The van der Waals surface area contributed by atoms with E-state index < -0.39 is 4.92 Å². The van der Waals surface area contributed by atoms with E-state index in [1.165, 1.54) is 12.1 Å². The number of nitro groups is 1. The Labute approximate surface area is 120 Å². The first-order valence-corrected chi connectivity index (χ1v) is 6.85. The van der Waals surface area contributed by atoms with Crippen LogP contribution in [0.25, 0.3) is 0 Å². The maximum Gasteiger partial charge on any atom is 0.324 e. The maximum atomic E-state index is 12.2. The van der Waals surface area contributed by atoms with Crippen LogP contribution in [-0.2, 0) is 6.54 Å². The second-order valence-electron chi connectivity index (χ2n) is 4.48. The average Bonchev–Trinajstić information content (AvgIpc) is 2.90. The Morgan fingerprint density at radius 3 is 2.60 bits per heavy atom. The predicted octanol–water partition coefficient (Wildman–Crippen LogP) is 3.24. The molecule has 0 radical (unpaired) electrons. The molecular formula is C14H14N2O3S. The molecule has 0 aliphatic rings. The van der Waals surface area contributed by atoms with E-state index in [0.29, 0.717) is 11.4 Å². The first kappa shape index (κ1) is 14.2. The second kappa shape index (κ2) is 5.83. The summed E-state index contributed by atoms with van der Waals surface area (Å²) in [4.78, 5) is 24.3. The summed E-state index contributed by atoms with van der Waals surface area (Å²) in [5.41, 5.74) is 2.18. The van der Waals surface area contributed by atoms with Crippen LogP contribution in [0, 0.1) is 17.0 Å². The quantitative estimate of drug-likeness (QED) is 0.641. The highest BCUT2D eigenvalue weighted by Crippen LogP contribution is 2.25. The van der Waals surface area contributed by atoms with Crippen molar-refractivity contribution >= 4 is 22.2 Å². The average molecular weight is 290 g/mol. The molecule has 0 bridgehead atoms. The zero-order valence-electron chi connectivity index (χ0n) is 11.2. The molecule has 0 aliphatic carbocycles. The zero-order chi connectivity index (χ0) is 14.7. The molecule has 1 heterocycles. The van der Waals surface area contributed by atoms with Crippen molar-refractivity contribution in [1.82, 2.24) is 4.90 Å². The van der Waals surface area contributed by atoms with E-state index in [1.807, 2.05) is 31.2 Å². The number of benzene rings is 1. The molecule has 0 spiro atoms. The van der Waals surface area contributed by atoms with Crippen LogP contribution in [0.2, 0.25) is 0 Å². The molecule has 6 heteroatoms. The van der Waals surface area contributed by atoms with Crippen LogP contribution in [-0.4, -0.2) is 22.8 Å². The largest absolute Gasteiger partial charge is 0.337 e. The van der Waals surface area contributed by atoms with Crippen LogP contribution >= 0.6 is 11.3 Å². The molecule has 0 aliphatic heterocycles. The fourth-order valence-corrected chi connectivity index (χ4v) is 2.66. The minimum Gasteiger partial charge on any atom is -0.337 e. The van der Waals surface area contributed by atoms with E-state index in [2.05, 4.69) is 0 Å². The summed E-state index contributed by atoms with van der Waals surface area (Å²) < 4.78 is 0. The van der Waals surface area contributed by atoms with Gasteiger partial charge in [0.05, 0.1) is 9.80 Å². The van der Waals surface area contributed by atoms with Crippen molar-refractivity contribution in [3.05, 3.63) is 62.5 Å².